The summed E-state index contributed by atoms with van der Waals surface area (Å²) < 4.78 is 0. The van der Waals surface area contributed by atoms with Crippen LogP contribution in [-0.4, -0.2) is 28.6 Å². The van der Waals surface area contributed by atoms with Gasteiger partial charge in [0.25, 0.3) is 0 Å². The third kappa shape index (κ3) is 1.85. The Morgan fingerprint density at radius 3 is 3.12 bits per heavy atom. The summed E-state index contributed by atoms with van der Waals surface area (Å²) in [5.41, 5.74) is 1.51. The number of anilines is 1. The van der Waals surface area contributed by atoms with Gasteiger partial charge in [-0.3, -0.25) is 4.98 Å². The maximum atomic E-state index is 11.1. The predicted octanol–water partition coefficient (Wildman–Crippen LogP) is 2.10. The second-order valence-corrected chi connectivity index (χ2v) is 4.30. The van der Waals surface area contributed by atoms with Crippen molar-refractivity contribution in [1.82, 2.24) is 4.98 Å². The average molecular weight is 241 g/mol. The SMILES string of the molecule is Cc1nccc(N2CCCC2C(=O)O)c1Cl. The second kappa shape index (κ2) is 4.29. The lowest BCUT2D eigenvalue weighted by Gasteiger charge is -2.24. The number of rotatable bonds is 2. The molecule has 1 saturated heterocycles. The second-order valence-electron chi connectivity index (χ2n) is 3.92. The predicted molar refractivity (Wildman–Crippen MR) is 62.0 cm³/mol. The largest absolute Gasteiger partial charge is 0.480 e. The van der Waals surface area contributed by atoms with Gasteiger partial charge >= 0.3 is 5.97 Å². The van der Waals surface area contributed by atoms with Gasteiger partial charge in [-0.25, -0.2) is 4.79 Å². The van der Waals surface area contributed by atoms with E-state index in [9.17, 15) is 4.79 Å². The molecule has 2 rings (SSSR count). The van der Waals surface area contributed by atoms with Crippen LogP contribution in [0.4, 0.5) is 5.69 Å². The van der Waals surface area contributed by atoms with E-state index < -0.39 is 12.0 Å². The maximum Gasteiger partial charge on any atom is 0.326 e. The molecular formula is C11H13ClN2O2. The lowest BCUT2D eigenvalue weighted by molar-refractivity contribution is -0.138. The summed E-state index contributed by atoms with van der Waals surface area (Å²) in [4.78, 5) is 17.0. The molecule has 5 heteroatoms. The lowest BCUT2D eigenvalue weighted by Crippen LogP contribution is -2.36. The zero-order valence-corrected chi connectivity index (χ0v) is 9.74. The first-order valence-corrected chi connectivity index (χ1v) is 5.59. The van der Waals surface area contributed by atoms with Gasteiger partial charge in [0.2, 0.25) is 0 Å². The van der Waals surface area contributed by atoms with Crippen molar-refractivity contribution in [3.63, 3.8) is 0 Å². The molecule has 1 aromatic heterocycles. The van der Waals surface area contributed by atoms with Crippen molar-refractivity contribution in [3.05, 3.63) is 23.0 Å². The van der Waals surface area contributed by atoms with Gasteiger partial charge in [-0.15, -0.1) is 0 Å². The Kier molecular flexibility index (Phi) is 3.01. The molecule has 0 spiro atoms. The van der Waals surface area contributed by atoms with Crippen LogP contribution in [0.2, 0.25) is 5.02 Å². The molecule has 0 aliphatic carbocycles. The Labute approximate surface area is 98.9 Å². The van der Waals surface area contributed by atoms with E-state index in [2.05, 4.69) is 4.98 Å². The molecule has 0 radical (unpaired) electrons. The van der Waals surface area contributed by atoms with Gasteiger partial charge in [-0.2, -0.15) is 0 Å². The standard InChI is InChI=1S/C11H13ClN2O2/c1-7-10(12)8(4-5-13-7)14-6-2-3-9(14)11(15)16/h4-5,9H,2-3,6H2,1H3,(H,15,16). The van der Waals surface area contributed by atoms with E-state index in [0.717, 1.165) is 24.3 Å². The summed E-state index contributed by atoms with van der Waals surface area (Å²) in [7, 11) is 0. The minimum Gasteiger partial charge on any atom is -0.480 e. The molecule has 1 aromatic rings. The summed E-state index contributed by atoms with van der Waals surface area (Å²) in [6, 6.07) is 1.32. The fraction of sp³-hybridized carbons (Fsp3) is 0.455. The summed E-state index contributed by atoms with van der Waals surface area (Å²) in [5.74, 6) is -0.789. The van der Waals surface area contributed by atoms with Gasteiger partial charge in [-0.1, -0.05) is 11.6 Å². The van der Waals surface area contributed by atoms with E-state index in [1.54, 1.807) is 12.3 Å². The number of nitrogens with zero attached hydrogens (tertiary/aromatic N) is 2. The van der Waals surface area contributed by atoms with Crippen LogP contribution in [0.15, 0.2) is 12.3 Å². The maximum absolute atomic E-state index is 11.1. The number of hydrogen-bond donors (Lipinski definition) is 1. The molecule has 1 N–H and O–H groups in total. The van der Waals surface area contributed by atoms with Crippen molar-refractivity contribution in [2.45, 2.75) is 25.8 Å². The molecule has 86 valence electrons. The van der Waals surface area contributed by atoms with Crippen molar-refractivity contribution in [2.75, 3.05) is 11.4 Å². The van der Waals surface area contributed by atoms with Gasteiger partial charge in [0.05, 0.1) is 16.4 Å². The molecule has 1 aliphatic rings. The molecule has 0 bridgehead atoms. The quantitative estimate of drug-likeness (QED) is 0.860. The van der Waals surface area contributed by atoms with E-state index in [1.165, 1.54) is 0 Å². The van der Waals surface area contributed by atoms with Crippen LogP contribution >= 0.6 is 11.6 Å². The van der Waals surface area contributed by atoms with Crippen LogP contribution in [0.1, 0.15) is 18.5 Å². The van der Waals surface area contributed by atoms with Crippen molar-refractivity contribution in [3.8, 4) is 0 Å². The highest BCUT2D eigenvalue weighted by Gasteiger charge is 2.31. The molecule has 0 aromatic carbocycles. The summed E-state index contributed by atoms with van der Waals surface area (Å²) in [5, 5.41) is 9.66. The lowest BCUT2D eigenvalue weighted by atomic mass is 10.2. The normalized spacial score (nSPS) is 20.1. The van der Waals surface area contributed by atoms with Crippen molar-refractivity contribution in [1.29, 1.82) is 0 Å². The van der Waals surface area contributed by atoms with Crippen LogP contribution in [0.5, 0.6) is 0 Å². The summed E-state index contributed by atoms with van der Waals surface area (Å²) in [6.07, 6.45) is 3.22. The van der Waals surface area contributed by atoms with E-state index in [0.29, 0.717) is 11.4 Å². The molecule has 1 atom stereocenters. The Morgan fingerprint density at radius 1 is 1.69 bits per heavy atom. The Hall–Kier alpha value is -1.29. The molecular weight excluding hydrogens is 228 g/mol. The van der Waals surface area contributed by atoms with Crippen molar-refractivity contribution >= 4 is 23.3 Å². The minimum atomic E-state index is -0.789. The Morgan fingerprint density at radius 2 is 2.44 bits per heavy atom. The van der Waals surface area contributed by atoms with Gasteiger partial charge in [0, 0.05) is 12.7 Å². The van der Waals surface area contributed by atoms with E-state index in [-0.39, 0.29) is 0 Å². The van der Waals surface area contributed by atoms with Crippen LogP contribution in [-0.2, 0) is 4.79 Å². The number of carboxylic acid groups (broad SMARTS) is 1. The zero-order chi connectivity index (χ0) is 11.7. The minimum absolute atomic E-state index is 0.459. The molecule has 1 fully saturated rings. The van der Waals surface area contributed by atoms with Gasteiger partial charge < -0.3 is 10.0 Å². The third-order valence-electron chi connectivity index (χ3n) is 2.89. The fourth-order valence-corrected chi connectivity index (χ4v) is 2.29. The highest BCUT2D eigenvalue weighted by molar-refractivity contribution is 6.33. The van der Waals surface area contributed by atoms with Crippen LogP contribution in [0, 0.1) is 6.92 Å². The molecule has 2 heterocycles. The third-order valence-corrected chi connectivity index (χ3v) is 3.36. The first-order valence-electron chi connectivity index (χ1n) is 5.22. The molecule has 1 unspecified atom stereocenters. The number of carbonyl (C=O) groups is 1. The van der Waals surface area contributed by atoms with Crippen LogP contribution in [0.3, 0.4) is 0 Å². The summed E-state index contributed by atoms with van der Waals surface area (Å²) >= 11 is 6.15. The fourth-order valence-electron chi connectivity index (χ4n) is 2.07. The molecule has 0 amide bonds. The van der Waals surface area contributed by atoms with Crippen molar-refractivity contribution in [2.24, 2.45) is 0 Å². The monoisotopic (exact) mass is 240 g/mol. The highest BCUT2D eigenvalue weighted by atomic mass is 35.5. The number of halogens is 1. The first-order chi connectivity index (χ1) is 7.61. The summed E-state index contributed by atoms with van der Waals surface area (Å²) in [6.45, 7) is 2.55. The zero-order valence-electron chi connectivity index (χ0n) is 8.98. The number of aryl methyl sites for hydroxylation is 1. The number of hydrogen-bond acceptors (Lipinski definition) is 3. The van der Waals surface area contributed by atoms with Crippen LogP contribution < -0.4 is 4.90 Å². The molecule has 0 saturated carbocycles. The highest BCUT2D eigenvalue weighted by Crippen LogP contribution is 2.32. The van der Waals surface area contributed by atoms with Gasteiger partial charge in [0.15, 0.2) is 0 Å². The van der Waals surface area contributed by atoms with Crippen molar-refractivity contribution < 1.29 is 9.90 Å². The first kappa shape index (κ1) is 11.2. The Bertz CT molecular complexity index is 422. The number of carboxylic acids is 1. The van der Waals surface area contributed by atoms with Gasteiger partial charge in [0.1, 0.15) is 6.04 Å². The Balaban J connectivity index is 2.36. The smallest absolute Gasteiger partial charge is 0.326 e. The van der Waals surface area contributed by atoms with E-state index in [4.69, 9.17) is 16.7 Å². The molecule has 1 aliphatic heterocycles. The van der Waals surface area contributed by atoms with E-state index >= 15 is 0 Å². The number of aliphatic carboxylic acids is 1. The van der Waals surface area contributed by atoms with E-state index in [1.807, 2.05) is 11.8 Å². The average Bonchev–Trinajstić information content (AvgIpc) is 2.70. The number of aromatic nitrogens is 1. The topological polar surface area (TPSA) is 53.4 Å². The molecule has 4 nitrogen and oxygen atoms in total. The molecule has 16 heavy (non-hydrogen) atoms. The van der Waals surface area contributed by atoms with Gasteiger partial charge in [-0.05, 0) is 25.8 Å². The van der Waals surface area contributed by atoms with Crippen LogP contribution in [0.25, 0.3) is 0 Å². The number of pyridine rings is 1.